The normalized spacial score (nSPS) is 11.8. The van der Waals surface area contributed by atoms with Crippen molar-refractivity contribution in [3.63, 3.8) is 0 Å². The highest BCUT2D eigenvalue weighted by Crippen LogP contribution is 2.39. The molecule has 1 aromatic heterocycles. The molecule has 0 bridgehead atoms. The third-order valence-corrected chi connectivity index (χ3v) is 5.73. The van der Waals surface area contributed by atoms with E-state index >= 15 is 0 Å². The molecule has 190 valence electrons. The molecule has 0 saturated heterocycles. The van der Waals surface area contributed by atoms with Gasteiger partial charge in [-0.05, 0) is 53.6 Å². The molecule has 0 aliphatic heterocycles. The van der Waals surface area contributed by atoms with Crippen LogP contribution in [-0.2, 0) is 11.0 Å². The van der Waals surface area contributed by atoms with Crippen molar-refractivity contribution in [3.05, 3.63) is 118 Å². The number of halogens is 3. The monoisotopic (exact) mass is 516 g/mol. The average molecular weight is 516 g/mol. The fourth-order valence-electron chi connectivity index (χ4n) is 3.84. The summed E-state index contributed by atoms with van der Waals surface area (Å²) < 4.78 is 57.4. The van der Waals surface area contributed by atoms with E-state index in [0.717, 1.165) is 28.0 Å². The van der Waals surface area contributed by atoms with Gasteiger partial charge in [-0.25, -0.2) is 4.79 Å². The van der Waals surface area contributed by atoms with Crippen molar-refractivity contribution in [2.45, 2.75) is 13.1 Å². The van der Waals surface area contributed by atoms with Crippen LogP contribution in [0.15, 0.2) is 100 Å². The number of ether oxygens (including phenoxy) is 2. The Morgan fingerprint density at radius 3 is 2.32 bits per heavy atom. The number of hydrogen-bond acceptors (Lipinski definition) is 5. The second-order valence-corrected chi connectivity index (χ2v) is 8.52. The minimum absolute atomic E-state index is 0.0479. The minimum Gasteiger partial charge on any atom is -0.449 e. The van der Waals surface area contributed by atoms with E-state index in [1.165, 1.54) is 30.3 Å². The van der Waals surface area contributed by atoms with Crippen LogP contribution in [0.4, 0.5) is 13.2 Å². The van der Waals surface area contributed by atoms with Crippen LogP contribution in [0.1, 0.15) is 16.9 Å². The van der Waals surface area contributed by atoms with Crippen molar-refractivity contribution >= 4 is 33.8 Å². The van der Waals surface area contributed by atoms with Crippen LogP contribution in [0.2, 0.25) is 0 Å². The van der Waals surface area contributed by atoms with E-state index in [9.17, 15) is 22.8 Å². The second-order valence-electron chi connectivity index (χ2n) is 8.52. The predicted molar refractivity (Wildman–Crippen MR) is 137 cm³/mol. The Morgan fingerprint density at radius 1 is 0.868 bits per heavy atom. The Labute approximate surface area is 214 Å². The Bertz CT molecular complexity index is 1750. The molecule has 0 unspecified atom stereocenters. The summed E-state index contributed by atoms with van der Waals surface area (Å²) in [6.45, 7) is 1.93. The summed E-state index contributed by atoms with van der Waals surface area (Å²) in [5, 5.41) is 1.42. The zero-order valence-electron chi connectivity index (χ0n) is 19.9. The van der Waals surface area contributed by atoms with E-state index in [4.69, 9.17) is 13.9 Å². The van der Waals surface area contributed by atoms with Gasteiger partial charge in [0, 0.05) is 12.1 Å². The molecule has 4 aromatic carbocycles. The maximum absolute atomic E-state index is 13.9. The van der Waals surface area contributed by atoms with E-state index < -0.39 is 34.7 Å². The molecule has 5 aromatic rings. The first-order valence-corrected chi connectivity index (χ1v) is 11.5. The molecule has 0 saturated carbocycles. The van der Waals surface area contributed by atoms with Gasteiger partial charge in [0.15, 0.2) is 0 Å². The zero-order chi connectivity index (χ0) is 26.9. The van der Waals surface area contributed by atoms with Crippen molar-refractivity contribution < 1.29 is 31.9 Å². The number of benzene rings is 4. The van der Waals surface area contributed by atoms with E-state index in [2.05, 4.69) is 0 Å². The number of esters is 1. The molecule has 0 atom stereocenters. The van der Waals surface area contributed by atoms with Crippen LogP contribution >= 0.6 is 0 Å². The second kappa shape index (κ2) is 9.89. The summed E-state index contributed by atoms with van der Waals surface area (Å²) in [7, 11) is 0. The van der Waals surface area contributed by atoms with Gasteiger partial charge in [-0.1, -0.05) is 60.2 Å². The molecule has 8 heteroatoms. The van der Waals surface area contributed by atoms with E-state index in [0.29, 0.717) is 0 Å². The molecule has 5 nitrogen and oxygen atoms in total. The third kappa shape index (κ3) is 5.29. The van der Waals surface area contributed by atoms with Crippen LogP contribution < -0.4 is 14.9 Å². The fraction of sp³-hybridized carbons (Fsp3) is 0.0667. The van der Waals surface area contributed by atoms with Crippen LogP contribution in [0.5, 0.6) is 17.2 Å². The predicted octanol–water partition coefficient (Wildman–Crippen LogP) is 7.68. The zero-order valence-corrected chi connectivity index (χ0v) is 19.9. The maximum atomic E-state index is 13.9. The number of hydrogen-bond donors (Lipinski definition) is 0. The van der Waals surface area contributed by atoms with Crippen molar-refractivity contribution in [1.82, 2.24) is 0 Å². The molecule has 0 N–H and O–H groups in total. The Morgan fingerprint density at radius 2 is 1.58 bits per heavy atom. The number of rotatable bonds is 5. The van der Waals surface area contributed by atoms with Crippen LogP contribution in [0, 0.1) is 6.92 Å². The fourth-order valence-corrected chi connectivity index (χ4v) is 3.84. The van der Waals surface area contributed by atoms with E-state index in [1.807, 2.05) is 43.3 Å². The molecular weight excluding hydrogens is 497 g/mol. The number of aryl methyl sites for hydroxylation is 1. The highest BCUT2D eigenvalue weighted by molar-refractivity contribution is 5.89. The number of alkyl halides is 3. The highest BCUT2D eigenvalue weighted by atomic mass is 19.4. The Hall–Kier alpha value is -4.85. The number of carbonyl (C=O) groups is 1. The molecule has 0 aliphatic rings. The summed E-state index contributed by atoms with van der Waals surface area (Å²) >= 11 is 0. The summed E-state index contributed by atoms with van der Waals surface area (Å²) in [6.07, 6.45) is -2.29. The topological polar surface area (TPSA) is 65.7 Å². The van der Waals surface area contributed by atoms with Crippen LogP contribution in [0.25, 0.3) is 27.8 Å². The van der Waals surface area contributed by atoms with Gasteiger partial charge >= 0.3 is 12.1 Å². The number of carbonyl (C=O) groups excluding carboxylic acids is 1. The summed E-state index contributed by atoms with van der Waals surface area (Å²) in [5.41, 5.74) is 0.419. The third-order valence-electron chi connectivity index (χ3n) is 5.73. The molecule has 0 fully saturated rings. The molecule has 0 radical (unpaired) electrons. The molecular formula is C30H19F3O5. The van der Waals surface area contributed by atoms with E-state index in [-0.39, 0.29) is 16.9 Å². The lowest BCUT2D eigenvalue weighted by molar-refractivity contribution is -0.154. The van der Waals surface area contributed by atoms with Gasteiger partial charge in [-0.2, -0.15) is 13.2 Å². The number of fused-ring (bicyclic) bond motifs is 2. The minimum atomic E-state index is -5.02. The first-order valence-electron chi connectivity index (χ1n) is 11.5. The van der Waals surface area contributed by atoms with Crippen molar-refractivity contribution in [3.8, 4) is 17.2 Å². The lowest BCUT2D eigenvalue weighted by Gasteiger charge is -2.14. The van der Waals surface area contributed by atoms with Gasteiger partial charge in [0.25, 0.3) is 5.76 Å². The largest absolute Gasteiger partial charge is 0.453 e. The molecule has 0 spiro atoms. The van der Waals surface area contributed by atoms with Gasteiger partial charge < -0.3 is 13.9 Å². The Balaban J connectivity index is 1.47. The quantitative estimate of drug-likeness (QED) is 0.136. The van der Waals surface area contributed by atoms with Gasteiger partial charge in [0.1, 0.15) is 17.1 Å². The van der Waals surface area contributed by atoms with Gasteiger partial charge in [0.05, 0.1) is 5.39 Å². The van der Waals surface area contributed by atoms with Crippen molar-refractivity contribution in [2.24, 2.45) is 0 Å². The molecule has 38 heavy (non-hydrogen) atoms. The van der Waals surface area contributed by atoms with Crippen molar-refractivity contribution in [2.75, 3.05) is 0 Å². The van der Waals surface area contributed by atoms with Gasteiger partial charge in [-0.15, -0.1) is 0 Å². The smallest absolute Gasteiger partial charge is 0.449 e. The first kappa shape index (κ1) is 24.8. The SMILES string of the molecule is Cc1ccc(C=CC(=O)Oc2ccc3c(=O)c(Oc4ccc5ccccc5c4)c(C(F)(F)F)oc3c2)cc1. The lowest BCUT2D eigenvalue weighted by atomic mass is 10.1. The van der Waals surface area contributed by atoms with Crippen LogP contribution in [-0.4, -0.2) is 5.97 Å². The highest BCUT2D eigenvalue weighted by Gasteiger charge is 2.40. The average Bonchev–Trinajstić information content (AvgIpc) is 2.89. The van der Waals surface area contributed by atoms with Gasteiger partial charge in [-0.3, -0.25) is 4.79 Å². The summed E-state index contributed by atoms with van der Waals surface area (Å²) in [4.78, 5) is 25.3. The van der Waals surface area contributed by atoms with Crippen molar-refractivity contribution in [1.29, 1.82) is 0 Å². The standard InChI is InChI=1S/C30H19F3O5/c1-18-6-8-19(9-7-18)10-15-26(34)36-23-13-14-24-25(17-23)38-29(30(31,32)33)28(27(24)35)37-22-12-11-20-4-2-3-5-21(20)16-22/h2-17H,1H3. The van der Waals surface area contributed by atoms with Gasteiger partial charge in [0.2, 0.25) is 11.2 Å². The molecule has 0 aliphatic carbocycles. The summed E-state index contributed by atoms with van der Waals surface area (Å²) in [5.74, 6) is -3.36. The molecule has 0 amide bonds. The molecule has 5 rings (SSSR count). The first-order chi connectivity index (χ1) is 18.2. The summed E-state index contributed by atoms with van der Waals surface area (Å²) in [6, 6.07) is 22.9. The molecule has 1 heterocycles. The lowest BCUT2D eigenvalue weighted by Crippen LogP contribution is -2.15. The Kier molecular flexibility index (Phi) is 6.46. The maximum Gasteiger partial charge on any atom is 0.453 e. The van der Waals surface area contributed by atoms with E-state index in [1.54, 1.807) is 24.3 Å². The van der Waals surface area contributed by atoms with Crippen LogP contribution in [0.3, 0.4) is 0 Å².